The number of nitrogen functional groups attached to an aromatic ring is 2. The molecule has 4 aromatic heterocycles. The van der Waals surface area contributed by atoms with Crippen LogP contribution in [0.15, 0.2) is 67.3 Å². The number of aromatic nitrogens is 8. The maximum absolute atomic E-state index is 6.08. The number of anilines is 5. The van der Waals surface area contributed by atoms with Crippen molar-refractivity contribution in [3.05, 3.63) is 78.0 Å². The Hall–Kier alpha value is -5.29. The molecule has 5 aromatic rings. The zero-order valence-corrected chi connectivity index (χ0v) is 28.6. The van der Waals surface area contributed by atoms with Crippen molar-refractivity contribution in [3.63, 3.8) is 0 Å². The first kappa shape index (κ1) is 34.2. The minimum absolute atomic E-state index is 0.0000546. The summed E-state index contributed by atoms with van der Waals surface area (Å²) < 4.78 is 16.9. The molecule has 7 heterocycles. The highest BCUT2D eigenvalue weighted by atomic mass is 35.5. The van der Waals surface area contributed by atoms with E-state index in [4.69, 9.17) is 47.2 Å². The van der Waals surface area contributed by atoms with Gasteiger partial charge in [0.2, 0.25) is 23.8 Å². The van der Waals surface area contributed by atoms with Crippen LogP contribution in [0.25, 0.3) is 22.5 Å². The third-order valence-electron chi connectivity index (χ3n) is 8.47. The molecular weight excluding hydrogens is 674 g/mol. The number of hydrogen-bond donors (Lipinski definition) is 2. The second-order valence-corrected chi connectivity index (χ2v) is 12.2. The SMILES string of the molecule is Nc1ncc(-c2cc(Cl)nc(N3CCOCC3)n2)cn1.Nc1ncc(-c2cc(N3CCOC(c4ccccc4)C3)nc(N3CCOCC3)n2)cn1. The van der Waals surface area contributed by atoms with E-state index in [0.717, 1.165) is 61.9 Å². The Labute approximate surface area is 299 Å². The minimum Gasteiger partial charge on any atom is -0.378 e. The highest BCUT2D eigenvalue weighted by Crippen LogP contribution is 2.29. The van der Waals surface area contributed by atoms with Gasteiger partial charge in [-0.25, -0.2) is 34.9 Å². The molecule has 1 atom stereocenters. The van der Waals surface area contributed by atoms with Gasteiger partial charge in [-0.3, -0.25) is 0 Å². The lowest BCUT2D eigenvalue weighted by Gasteiger charge is -2.35. The number of nitrogens with two attached hydrogens (primary N) is 2. The van der Waals surface area contributed by atoms with Crippen LogP contribution in [-0.4, -0.2) is 112 Å². The molecule has 3 saturated heterocycles. The third-order valence-corrected chi connectivity index (χ3v) is 8.66. The van der Waals surface area contributed by atoms with Crippen molar-refractivity contribution in [2.45, 2.75) is 6.10 Å². The van der Waals surface area contributed by atoms with E-state index in [1.54, 1.807) is 30.9 Å². The van der Waals surface area contributed by atoms with Gasteiger partial charge in [0.05, 0.1) is 44.4 Å². The van der Waals surface area contributed by atoms with Crippen LogP contribution in [0.3, 0.4) is 0 Å². The average molecular weight is 712 g/mol. The summed E-state index contributed by atoms with van der Waals surface area (Å²) in [5, 5.41) is 0.383. The van der Waals surface area contributed by atoms with Gasteiger partial charge >= 0.3 is 0 Å². The maximum Gasteiger partial charge on any atom is 0.228 e. The summed E-state index contributed by atoms with van der Waals surface area (Å²) in [7, 11) is 0. The second kappa shape index (κ2) is 16.2. The van der Waals surface area contributed by atoms with Gasteiger partial charge in [-0.15, -0.1) is 0 Å². The smallest absolute Gasteiger partial charge is 0.228 e. The molecule has 0 radical (unpaired) electrons. The molecule has 3 aliphatic rings. The van der Waals surface area contributed by atoms with Crippen molar-refractivity contribution in [3.8, 4) is 22.5 Å². The molecule has 1 aromatic carbocycles. The van der Waals surface area contributed by atoms with E-state index in [1.165, 1.54) is 5.56 Å². The molecule has 0 bridgehead atoms. The fourth-order valence-corrected chi connectivity index (χ4v) is 5.94. The normalized spacial score (nSPS) is 17.8. The number of halogens is 1. The molecule has 3 fully saturated rings. The Kier molecular flexibility index (Phi) is 10.8. The lowest BCUT2D eigenvalue weighted by molar-refractivity contribution is 0.0395. The average Bonchev–Trinajstić information content (AvgIpc) is 3.19. The first-order valence-electron chi connectivity index (χ1n) is 16.6. The van der Waals surface area contributed by atoms with Crippen molar-refractivity contribution in [2.24, 2.45) is 0 Å². The molecular formula is C34H38ClN13O3. The van der Waals surface area contributed by atoms with Crippen LogP contribution in [0.2, 0.25) is 5.15 Å². The van der Waals surface area contributed by atoms with Gasteiger partial charge in [0, 0.05) is 87.3 Å². The number of ether oxygens (including phenoxy) is 3. The summed E-state index contributed by atoms with van der Waals surface area (Å²) in [6.45, 7) is 7.80. The molecule has 1 unspecified atom stereocenters. The van der Waals surface area contributed by atoms with Crippen LogP contribution in [-0.2, 0) is 14.2 Å². The molecule has 17 heteroatoms. The largest absolute Gasteiger partial charge is 0.378 e. The first-order chi connectivity index (χ1) is 25.0. The maximum atomic E-state index is 6.08. The van der Waals surface area contributed by atoms with Gasteiger partial charge in [0.25, 0.3) is 0 Å². The molecule has 264 valence electrons. The standard InChI is InChI=1S/C22H25N7O2.C12H13ClN6O/c23-21-24-13-17(14-25-21)18-12-20(27-22(26-18)28-6-9-30-10-7-28)29-8-11-31-19(15-29)16-4-2-1-3-5-16;13-10-5-9(8-6-15-11(14)16-7-8)17-12(18-10)19-1-3-20-4-2-19/h1-5,12-14,19H,6-11,15H2,(H2,23,24,25);5-7H,1-4H2,(H2,14,15,16). The number of benzene rings is 1. The summed E-state index contributed by atoms with van der Waals surface area (Å²) in [6, 6.07) is 14.0. The molecule has 16 nitrogen and oxygen atoms in total. The van der Waals surface area contributed by atoms with E-state index >= 15 is 0 Å². The number of hydrogen-bond acceptors (Lipinski definition) is 16. The van der Waals surface area contributed by atoms with Crippen molar-refractivity contribution in [2.75, 3.05) is 98.5 Å². The molecule has 0 amide bonds. The number of nitrogens with zero attached hydrogens (tertiary/aromatic N) is 11. The predicted molar refractivity (Wildman–Crippen MR) is 193 cm³/mol. The zero-order chi connectivity index (χ0) is 35.0. The topological polar surface area (TPSA) is 193 Å². The highest BCUT2D eigenvalue weighted by Gasteiger charge is 2.25. The van der Waals surface area contributed by atoms with Gasteiger partial charge < -0.3 is 40.4 Å². The van der Waals surface area contributed by atoms with E-state index in [9.17, 15) is 0 Å². The van der Waals surface area contributed by atoms with Crippen LogP contribution >= 0.6 is 11.6 Å². The van der Waals surface area contributed by atoms with Crippen molar-refractivity contribution in [1.29, 1.82) is 0 Å². The van der Waals surface area contributed by atoms with Gasteiger partial charge in [-0.05, 0) is 5.56 Å². The molecule has 0 aliphatic carbocycles. The summed E-state index contributed by atoms with van der Waals surface area (Å²) in [4.78, 5) is 41.1. The Morgan fingerprint density at radius 3 is 1.69 bits per heavy atom. The van der Waals surface area contributed by atoms with E-state index in [2.05, 4.69) is 51.8 Å². The third kappa shape index (κ3) is 8.72. The number of rotatable bonds is 6. The summed E-state index contributed by atoms with van der Waals surface area (Å²) in [6.07, 6.45) is 6.63. The molecule has 0 spiro atoms. The summed E-state index contributed by atoms with van der Waals surface area (Å²) >= 11 is 6.08. The lowest BCUT2D eigenvalue weighted by Crippen LogP contribution is -2.40. The second-order valence-electron chi connectivity index (χ2n) is 11.9. The molecule has 3 aliphatic heterocycles. The Bertz CT molecular complexity index is 1880. The quantitative estimate of drug-likeness (QED) is 0.244. The summed E-state index contributed by atoms with van der Waals surface area (Å²) in [5.41, 5.74) is 15.3. The summed E-state index contributed by atoms with van der Waals surface area (Å²) in [5.74, 6) is 2.61. The fourth-order valence-electron chi connectivity index (χ4n) is 5.76. The molecule has 8 rings (SSSR count). The van der Waals surface area contributed by atoms with Crippen molar-refractivity contribution >= 4 is 41.2 Å². The fraction of sp³-hybridized carbons (Fsp3) is 0.353. The highest BCUT2D eigenvalue weighted by molar-refractivity contribution is 6.29. The van der Waals surface area contributed by atoms with Gasteiger partial charge in [0.15, 0.2) is 0 Å². The molecule has 0 saturated carbocycles. The van der Waals surface area contributed by atoms with E-state index in [1.807, 2.05) is 29.2 Å². The van der Waals surface area contributed by atoms with Crippen molar-refractivity contribution < 1.29 is 14.2 Å². The Balaban J connectivity index is 0.000000175. The molecule has 51 heavy (non-hydrogen) atoms. The van der Waals surface area contributed by atoms with Crippen LogP contribution in [0.4, 0.5) is 29.6 Å². The Morgan fingerprint density at radius 1 is 0.608 bits per heavy atom. The van der Waals surface area contributed by atoms with Gasteiger partial charge in [-0.1, -0.05) is 41.9 Å². The lowest BCUT2D eigenvalue weighted by atomic mass is 10.1. The van der Waals surface area contributed by atoms with E-state index < -0.39 is 0 Å². The predicted octanol–water partition coefficient (Wildman–Crippen LogP) is 2.94. The molecule has 4 N–H and O–H groups in total. The Morgan fingerprint density at radius 2 is 1.12 bits per heavy atom. The van der Waals surface area contributed by atoms with Crippen molar-refractivity contribution in [1.82, 2.24) is 39.9 Å². The van der Waals surface area contributed by atoms with Gasteiger partial charge in [0.1, 0.15) is 17.1 Å². The number of morpholine rings is 3. The van der Waals surface area contributed by atoms with Crippen LogP contribution in [0.1, 0.15) is 11.7 Å². The first-order valence-corrected chi connectivity index (χ1v) is 17.0. The minimum atomic E-state index is 0.0000546. The zero-order valence-electron chi connectivity index (χ0n) is 27.9. The van der Waals surface area contributed by atoms with E-state index in [0.29, 0.717) is 55.8 Å². The monoisotopic (exact) mass is 711 g/mol. The van der Waals surface area contributed by atoms with Crippen LogP contribution in [0, 0.1) is 0 Å². The van der Waals surface area contributed by atoms with Crippen LogP contribution < -0.4 is 26.2 Å². The van der Waals surface area contributed by atoms with Crippen LogP contribution in [0.5, 0.6) is 0 Å². The van der Waals surface area contributed by atoms with Gasteiger partial charge in [-0.2, -0.15) is 4.98 Å². The van der Waals surface area contributed by atoms with E-state index in [-0.39, 0.29) is 18.0 Å².